The van der Waals surface area contributed by atoms with E-state index in [0.717, 1.165) is 38.3 Å². The highest BCUT2D eigenvalue weighted by Gasteiger charge is 2.17. The number of oxime groups is 1. The third-order valence-corrected chi connectivity index (χ3v) is 3.30. The molecule has 1 aliphatic rings. The minimum absolute atomic E-state index is 0.251. The van der Waals surface area contributed by atoms with E-state index in [1.54, 1.807) is 12.1 Å². The summed E-state index contributed by atoms with van der Waals surface area (Å²) < 4.78 is 0. The molecule has 2 rings (SSSR count). The van der Waals surface area contributed by atoms with Crippen LogP contribution in [0.4, 0.5) is 0 Å². The van der Waals surface area contributed by atoms with Crippen LogP contribution in [0.2, 0.25) is 0 Å². The molecule has 1 aliphatic heterocycles. The molecule has 6 heteroatoms. The van der Waals surface area contributed by atoms with Crippen LogP contribution in [-0.2, 0) is 6.54 Å². The first-order chi connectivity index (χ1) is 9.17. The topological polar surface area (TPSA) is 85.3 Å². The highest BCUT2D eigenvalue weighted by atomic mass is 16.4. The molecule has 4 N–H and O–H groups in total. The van der Waals surface area contributed by atoms with Gasteiger partial charge in [-0.05, 0) is 17.7 Å². The van der Waals surface area contributed by atoms with Gasteiger partial charge >= 0.3 is 0 Å². The predicted molar refractivity (Wildman–Crippen MR) is 73.2 cm³/mol. The summed E-state index contributed by atoms with van der Waals surface area (Å²) in [6.45, 7) is 5.02. The lowest BCUT2D eigenvalue weighted by atomic mass is 10.2. The number of phenolic OH excluding ortho intramolecular Hbond substituents is 1. The Kier molecular flexibility index (Phi) is 4.59. The first kappa shape index (κ1) is 13.6. The van der Waals surface area contributed by atoms with Crippen LogP contribution in [0.1, 0.15) is 5.56 Å². The van der Waals surface area contributed by atoms with Crippen molar-refractivity contribution < 1.29 is 10.3 Å². The minimum Gasteiger partial charge on any atom is -0.508 e. The summed E-state index contributed by atoms with van der Waals surface area (Å²) in [6, 6.07) is 7.35. The third kappa shape index (κ3) is 4.11. The predicted octanol–water partition coefficient (Wildman–Crippen LogP) is 0.256. The van der Waals surface area contributed by atoms with Crippen molar-refractivity contribution in [2.75, 3.05) is 32.7 Å². The second kappa shape index (κ2) is 6.40. The van der Waals surface area contributed by atoms with E-state index in [1.807, 2.05) is 12.1 Å². The monoisotopic (exact) mass is 264 g/mol. The molecule has 0 aromatic heterocycles. The Morgan fingerprint density at radius 2 is 1.89 bits per heavy atom. The molecule has 6 nitrogen and oxygen atoms in total. The van der Waals surface area contributed by atoms with Crippen molar-refractivity contribution in [3.63, 3.8) is 0 Å². The Morgan fingerprint density at radius 3 is 2.53 bits per heavy atom. The van der Waals surface area contributed by atoms with E-state index in [9.17, 15) is 5.11 Å². The quantitative estimate of drug-likeness (QED) is 0.314. The molecule has 1 fully saturated rings. The highest BCUT2D eigenvalue weighted by Crippen LogP contribution is 2.14. The van der Waals surface area contributed by atoms with E-state index < -0.39 is 0 Å². The molecule has 0 amide bonds. The molecule has 19 heavy (non-hydrogen) atoms. The van der Waals surface area contributed by atoms with Crippen LogP contribution >= 0.6 is 0 Å². The molecule has 0 saturated carbocycles. The molecular weight excluding hydrogens is 244 g/mol. The fourth-order valence-corrected chi connectivity index (χ4v) is 2.28. The number of hydrogen-bond donors (Lipinski definition) is 3. The van der Waals surface area contributed by atoms with Gasteiger partial charge in [-0.3, -0.25) is 9.80 Å². The Bertz CT molecular complexity index is 442. The van der Waals surface area contributed by atoms with Crippen LogP contribution in [0.15, 0.2) is 29.4 Å². The molecule has 0 radical (unpaired) electrons. The van der Waals surface area contributed by atoms with Crippen LogP contribution in [0.25, 0.3) is 0 Å². The fraction of sp³-hybridized carbons (Fsp3) is 0.462. The number of nitrogens with zero attached hydrogens (tertiary/aromatic N) is 3. The molecule has 0 atom stereocenters. The number of piperazine rings is 1. The zero-order chi connectivity index (χ0) is 13.7. The smallest absolute Gasteiger partial charge is 0.153 e. The Balaban J connectivity index is 1.80. The van der Waals surface area contributed by atoms with Crippen molar-refractivity contribution in [3.05, 3.63) is 29.8 Å². The van der Waals surface area contributed by atoms with Gasteiger partial charge < -0.3 is 16.0 Å². The number of hydrogen-bond acceptors (Lipinski definition) is 5. The molecule has 0 aliphatic carbocycles. The summed E-state index contributed by atoms with van der Waals surface area (Å²) in [5.74, 6) is 0.560. The van der Waals surface area contributed by atoms with E-state index in [2.05, 4.69) is 15.0 Å². The lowest BCUT2D eigenvalue weighted by Gasteiger charge is -2.34. The number of rotatable bonds is 4. The van der Waals surface area contributed by atoms with Crippen molar-refractivity contribution >= 4 is 5.84 Å². The number of aromatic hydroxyl groups is 1. The lowest BCUT2D eigenvalue weighted by molar-refractivity contribution is 0.139. The Labute approximate surface area is 112 Å². The van der Waals surface area contributed by atoms with Gasteiger partial charge in [0.2, 0.25) is 0 Å². The zero-order valence-corrected chi connectivity index (χ0v) is 10.9. The van der Waals surface area contributed by atoms with E-state index in [0.29, 0.717) is 12.3 Å². The van der Waals surface area contributed by atoms with Gasteiger partial charge in [0.15, 0.2) is 5.84 Å². The molecule has 0 unspecified atom stereocenters. The van der Waals surface area contributed by atoms with E-state index in [-0.39, 0.29) is 5.84 Å². The van der Waals surface area contributed by atoms with Crippen LogP contribution in [0.5, 0.6) is 5.75 Å². The van der Waals surface area contributed by atoms with Gasteiger partial charge in [-0.2, -0.15) is 0 Å². The number of amidine groups is 1. The van der Waals surface area contributed by atoms with Crippen LogP contribution in [0.3, 0.4) is 0 Å². The molecule has 1 aromatic carbocycles. The SMILES string of the molecule is NC(CN1CCN(Cc2cccc(O)c2)CC1)=NO. The van der Waals surface area contributed by atoms with E-state index in [1.165, 1.54) is 0 Å². The maximum Gasteiger partial charge on any atom is 0.153 e. The highest BCUT2D eigenvalue weighted by molar-refractivity contribution is 5.81. The van der Waals surface area contributed by atoms with Crippen molar-refractivity contribution in [2.24, 2.45) is 10.9 Å². The second-order valence-electron chi connectivity index (χ2n) is 4.81. The third-order valence-electron chi connectivity index (χ3n) is 3.30. The number of nitrogens with two attached hydrogens (primary N) is 1. The number of phenols is 1. The van der Waals surface area contributed by atoms with Crippen LogP contribution in [-0.4, -0.2) is 58.7 Å². The molecule has 1 saturated heterocycles. The van der Waals surface area contributed by atoms with Crippen LogP contribution < -0.4 is 5.73 Å². The normalized spacial score (nSPS) is 18.6. The van der Waals surface area contributed by atoms with E-state index in [4.69, 9.17) is 10.9 Å². The summed E-state index contributed by atoms with van der Waals surface area (Å²) in [6.07, 6.45) is 0. The molecule has 1 heterocycles. The van der Waals surface area contributed by atoms with Gasteiger partial charge in [-0.25, -0.2) is 0 Å². The minimum atomic E-state index is 0.251. The number of benzene rings is 1. The van der Waals surface area contributed by atoms with Gasteiger partial charge in [-0.15, -0.1) is 0 Å². The van der Waals surface area contributed by atoms with Gasteiger partial charge in [0, 0.05) is 32.7 Å². The summed E-state index contributed by atoms with van der Waals surface area (Å²) in [5, 5.41) is 21.0. The average molecular weight is 264 g/mol. The summed E-state index contributed by atoms with van der Waals surface area (Å²) in [5.41, 5.74) is 6.61. The summed E-state index contributed by atoms with van der Waals surface area (Å²) in [4.78, 5) is 4.49. The maximum absolute atomic E-state index is 9.43. The zero-order valence-electron chi connectivity index (χ0n) is 10.9. The van der Waals surface area contributed by atoms with Crippen LogP contribution in [0, 0.1) is 0 Å². The molecule has 0 spiro atoms. The van der Waals surface area contributed by atoms with Gasteiger partial charge in [-0.1, -0.05) is 17.3 Å². The summed E-state index contributed by atoms with van der Waals surface area (Å²) in [7, 11) is 0. The Hall–Kier alpha value is -1.79. The van der Waals surface area contributed by atoms with Crippen molar-refractivity contribution in [2.45, 2.75) is 6.54 Å². The van der Waals surface area contributed by atoms with Crippen molar-refractivity contribution in [1.82, 2.24) is 9.80 Å². The summed E-state index contributed by atoms with van der Waals surface area (Å²) >= 11 is 0. The first-order valence-electron chi connectivity index (χ1n) is 6.36. The van der Waals surface area contributed by atoms with Gasteiger partial charge in [0.1, 0.15) is 5.75 Å². The second-order valence-corrected chi connectivity index (χ2v) is 4.81. The largest absolute Gasteiger partial charge is 0.508 e. The average Bonchev–Trinajstić information content (AvgIpc) is 2.41. The molecule has 104 valence electrons. The fourth-order valence-electron chi connectivity index (χ4n) is 2.28. The first-order valence-corrected chi connectivity index (χ1v) is 6.36. The Morgan fingerprint density at radius 1 is 1.21 bits per heavy atom. The van der Waals surface area contributed by atoms with Crippen molar-refractivity contribution in [3.8, 4) is 5.75 Å². The maximum atomic E-state index is 9.43. The van der Waals surface area contributed by atoms with Gasteiger partial charge in [0.05, 0.1) is 6.54 Å². The molecule has 0 bridgehead atoms. The molecular formula is C13H20N4O2. The van der Waals surface area contributed by atoms with Gasteiger partial charge in [0.25, 0.3) is 0 Å². The lowest BCUT2D eigenvalue weighted by Crippen LogP contribution is -2.48. The molecule has 1 aromatic rings. The van der Waals surface area contributed by atoms with E-state index >= 15 is 0 Å². The standard InChI is InChI=1S/C13H20N4O2/c14-13(15-19)10-17-6-4-16(5-7-17)9-11-2-1-3-12(18)8-11/h1-3,8,18-19H,4-7,9-10H2,(H2,14,15). The van der Waals surface area contributed by atoms with Crippen molar-refractivity contribution in [1.29, 1.82) is 0 Å².